The molecule has 0 saturated carbocycles. The summed E-state index contributed by atoms with van der Waals surface area (Å²) in [6, 6.07) is 6.20. The molecule has 2 rings (SSSR count). The van der Waals surface area contributed by atoms with E-state index in [2.05, 4.69) is 18.0 Å². The number of nitrogens with two attached hydrogens (primary N) is 1. The molecule has 1 aromatic heterocycles. The van der Waals surface area contributed by atoms with Gasteiger partial charge in [0.25, 0.3) is 0 Å². The minimum atomic E-state index is 0.102. The zero-order valence-corrected chi connectivity index (χ0v) is 11.4. The molecule has 2 aromatic rings. The molecule has 3 nitrogen and oxygen atoms in total. The number of hydrogen-bond acceptors (Lipinski definition) is 3. The van der Waals surface area contributed by atoms with Crippen molar-refractivity contribution in [3.63, 3.8) is 0 Å². The zero-order valence-electron chi connectivity index (χ0n) is 11.4. The van der Waals surface area contributed by atoms with E-state index in [4.69, 9.17) is 10.5 Å². The van der Waals surface area contributed by atoms with Crippen LogP contribution in [-0.4, -0.2) is 18.1 Å². The van der Waals surface area contributed by atoms with Crippen molar-refractivity contribution in [2.45, 2.75) is 33.2 Å². The van der Waals surface area contributed by atoms with Gasteiger partial charge in [-0.1, -0.05) is 0 Å². The van der Waals surface area contributed by atoms with Crippen LogP contribution in [0.3, 0.4) is 0 Å². The topological polar surface area (TPSA) is 48.1 Å². The molecule has 0 fully saturated rings. The van der Waals surface area contributed by atoms with Crippen molar-refractivity contribution in [3.8, 4) is 5.75 Å². The molecule has 18 heavy (non-hydrogen) atoms. The molecular formula is C15H20N2O. The maximum Gasteiger partial charge on any atom is 0.122 e. The van der Waals surface area contributed by atoms with Crippen molar-refractivity contribution in [2.75, 3.05) is 7.11 Å². The maximum atomic E-state index is 5.94. The molecule has 0 aliphatic rings. The van der Waals surface area contributed by atoms with Crippen LogP contribution in [0.2, 0.25) is 0 Å². The summed E-state index contributed by atoms with van der Waals surface area (Å²) in [4.78, 5) is 4.58. The van der Waals surface area contributed by atoms with E-state index in [1.54, 1.807) is 7.11 Å². The van der Waals surface area contributed by atoms with Crippen molar-refractivity contribution in [1.82, 2.24) is 4.98 Å². The third-order valence-corrected chi connectivity index (χ3v) is 3.11. The van der Waals surface area contributed by atoms with Gasteiger partial charge in [-0.25, -0.2) is 0 Å². The minimum Gasteiger partial charge on any atom is -0.496 e. The van der Waals surface area contributed by atoms with Gasteiger partial charge >= 0.3 is 0 Å². The van der Waals surface area contributed by atoms with Crippen LogP contribution in [0.15, 0.2) is 18.2 Å². The highest BCUT2D eigenvalue weighted by atomic mass is 16.5. The molecule has 2 N–H and O–H groups in total. The van der Waals surface area contributed by atoms with E-state index in [1.165, 1.54) is 10.9 Å². The Morgan fingerprint density at radius 1 is 1.33 bits per heavy atom. The highest BCUT2D eigenvalue weighted by Crippen LogP contribution is 2.30. The van der Waals surface area contributed by atoms with Gasteiger partial charge in [-0.15, -0.1) is 0 Å². The highest BCUT2D eigenvalue weighted by molar-refractivity contribution is 5.88. The van der Waals surface area contributed by atoms with E-state index in [0.717, 1.165) is 28.9 Å². The number of hydrogen-bond donors (Lipinski definition) is 1. The summed E-state index contributed by atoms with van der Waals surface area (Å²) in [5.41, 5.74) is 10.4. The Kier molecular flexibility index (Phi) is 3.53. The molecule has 3 heteroatoms. The van der Waals surface area contributed by atoms with Gasteiger partial charge in [0.1, 0.15) is 5.75 Å². The largest absolute Gasteiger partial charge is 0.496 e. The Morgan fingerprint density at radius 3 is 2.67 bits per heavy atom. The molecule has 1 aromatic carbocycles. The van der Waals surface area contributed by atoms with E-state index in [1.807, 2.05) is 26.0 Å². The maximum absolute atomic E-state index is 5.94. The normalized spacial score (nSPS) is 12.7. The number of fused-ring (bicyclic) bond motifs is 1. The molecule has 0 saturated heterocycles. The van der Waals surface area contributed by atoms with Crippen LogP contribution >= 0.6 is 0 Å². The molecule has 0 aliphatic carbocycles. The SMILES string of the molecule is COc1ccc2nc(C)cc(C)c2c1CC(C)N. The molecule has 1 atom stereocenters. The lowest BCUT2D eigenvalue weighted by atomic mass is 9.97. The lowest BCUT2D eigenvalue weighted by Gasteiger charge is -2.15. The van der Waals surface area contributed by atoms with Gasteiger partial charge in [-0.05, 0) is 51.0 Å². The average molecular weight is 244 g/mol. The number of benzene rings is 1. The fourth-order valence-electron chi connectivity index (χ4n) is 2.47. The highest BCUT2D eigenvalue weighted by Gasteiger charge is 2.13. The first kappa shape index (κ1) is 12.8. The first-order valence-corrected chi connectivity index (χ1v) is 6.22. The standard InChI is InChI=1S/C15H20N2O/c1-9-7-11(3)17-13-5-6-14(18-4)12(15(9)13)8-10(2)16/h5-7,10H,8,16H2,1-4H3. The minimum absolute atomic E-state index is 0.102. The van der Waals surface area contributed by atoms with Gasteiger partial charge in [0.05, 0.1) is 12.6 Å². The molecule has 0 bridgehead atoms. The van der Waals surface area contributed by atoms with Gasteiger partial charge in [0, 0.05) is 22.7 Å². The average Bonchev–Trinajstić information content (AvgIpc) is 2.27. The molecular weight excluding hydrogens is 224 g/mol. The number of methoxy groups -OCH3 is 1. The summed E-state index contributed by atoms with van der Waals surface area (Å²) in [6.45, 7) is 6.14. The van der Waals surface area contributed by atoms with E-state index in [9.17, 15) is 0 Å². The van der Waals surface area contributed by atoms with Gasteiger partial charge in [-0.2, -0.15) is 0 Å². The van der Waals surface area contributed by atoms with E-state index in [0.29, 0.717) is 0 Å². The summed E-state index contributed by atoms with van der Waals surface area (Å²) in [5.74, 6) is 0.897. The van der Waals surface area contributed by atoms with Crippen LogP contribution in [0.1, 0.15) is 23.7 Å². The first-order chi connectivity index (χ1) is 8.52. The molecule has 1 unspecified atom stereocenters. The molecule has 0 amide bonds. The van der Waals surface area contributed by atoms with Crippen molar-refractivity contribution < 1.29 is 4.74 Å². The Morgan fingerprint density at radius 2 is 2.06 bits per heavy atom. The molecule has 1 heterocycles. The van der Waals surface area contributed by atoms with Gasteiger partial charge in [0.2, 0.25) is 0 Å². The molecule has 96 valence electrons. The molecule has 0 aliphatic heterocycles. The van der Waals surface area contributed by atoms with Crippen LogP contribution < -0.4 is 10.5 Å². The van der Waals surface area contributed by atoms with Crippen LogP contribution in [0.25, 0.3) is 10.9 Å². The quantitative estimate of drug-likeness (QED) is 0.903. The lowest BCUT2D eigenvalue weighted by Crippen LogP contribution is -2.18. The van der Waals surface area contributed by atoms with Crippen molar-refractivity contribution in [3.05, 3.63) is 35.0 Å². The molecule has 0 radical (unpaired) electrons. The lowest BCUT2D eigenvalue weighted by molar-refractivity contribution is 0.409. The van der Waals surface area contributed by atoms with Gasteiger partial charge in [0.15, 0.2) is 0 Å². The second-order valence-corrected chi connectivity index (χ2v) is 4.90. The predicted octanol–water partition coefficient (Wildman–Crippen LogP) is 2.75. The van der Waals surface area contributed by atoms with E-state index < -0.39 is 0 Å². The third kappa shape index (κ3) is 2.31. The van der Waals surface area contributed by atoms with Crippen LogP contribution in [0, 0.1) is 13.8 Å². The van der Waals surface area contributed by atoms with Crippen LogP contribution in [0.4, 0.5) is 0 Å². The van der Waals surface area contributed by atoms with Gasteiger partial charge in [-0.3, -0.25) is 4.98 Å². The van der Waals surface area contributed by atoms with Crippen molar-refractivity contribution in [2.24, 2.45) is 5.73 Å². The van der Waals surface area contributed by atoms with Crippen molar-refractivity contribution >= 4 is 10.9 Å². The number of aromatic nitrogens is 1. The smallest absolute Gasteiger partial charge is 0.122 e. The number of aryl methyl sites for hydroxylation is 2. The Balaban J connectivity index is 2.76. The summed E-state index contributed by atoms with van der Waals surface area (Å²) in [5, 5.41) is 1.18. The number of pyridine rings is 1. The molecule has 0 spiro atoms. The van der Waals surface area contributed by atoms with E-state index in [-0.39, 0.29) is 6.04 Å². The Labute approximate surface area is 108 Å². The third-order valence-electron chi connectivity index (χ3n) is 3.11. The number of rotatable bonds is 3. The number of ether oxygens (including phenoxy) is 1. The summed E-state index contributed by atoms with van der Waals surface area (Å²) in [7, 11) is 1.70. The second kappa shape index (κ2) is 4.94. The van der Waals surface area contributed by atoms with E-state index >= 15 is 0 Å². The Bertz CT molecular complexity index is 576. The van der Waals surface area contributed by atoms with Crippen molar-refractivity contribution in [1.29, 1.82) is 0 Å². The fourth-order valence-corrected chi connectivity index (χ4v) is 2.47. The zero-order chi connectivity index (χ0) is 13.3. The fraction of sp³-hybridized carbons (Fsp3) is 0.400. The predicted molar refractivity (Wildman–Crippen MR) is 75.1 cm³/mol. The monoisotopic (exact) mass is 244 g/mol. The van der Waals surface area contributed by atoms with Gasteiger partial charge < -0.3 is 10.5 Å². The summed E-state index contributed by atoms with van der Waals surface area (Å²) in [6.07, 6.45) is 0.798. The second-order valence-electron chi connectivity index (χ2n) is 4.90. The Hall–Kier alpha value is -1.61. The summed E-state index contributed by atoms with van der Waals surface area (Å²) < 4.78 is 5.46. The summed E-state index contributed by atoms with van der Waals surface area (Å²) >= 11 is 0. The van der Waals surface area contributed by atoms with Crippen LogP contribution in [0.5, 0.6) is 5.75 Å². The number of nitrogens with zero attached hydrogens (tertiary/aromatic N) is 1. The van der Waals surface area contributed by atoms with Crippen LogP contribution in [-0.2, 0) is 6.42 Å². The first-order valence-electron chi connectivity index (χ1n) is 6.22.